The normalized spacial score (nSPS) is 10.6. The molecule has 2 aromatic heterocycles. The average molecular weight is 398 g/mol. The zero-order chi connectivity index (χ0) is 12.4. The van der Waals surface area contributed by atoms with E-state index in [1.54, 1.807) is 17.5 Å². The lowest BCUT2D eigenvalue weighted by Crippen LogP contribution is -2.17. The Balaban J connectivity index is 2.19. The van der Waals surface area contributed by atoms with E-state index in [1.807, 2.05) is 11.9 Å². The van der Waals surface area contributed by atoms with Gasteiger partial charge in [-0.25, -0.2) is 4.98 Å². The zero-order valence-corrected chi connectivity index (χ0v) is 13.6. The van der Waals surface area contributed by atoms with Gasteiger partial charge in [-0.2, -0.15) is 4.98 Å². The molecule has 0 unspecified atom stereocenters. The molecule has 90 valence electrons. The van der Waals surface area contributed by atoms with Crippen LogP contribution in [0.3, 0.4) is 0 Å². The highest BCUT2D eigenvalue weighted by molar-refractivity contribution is 9.10. The van der Waals surface area contributed by atoms with Crippen LogP contribution in [0.1, 0.15) is 4.88 Å². The summed E-state index contributed by atoms with van der Waals surface area (Å²) < 4.78 is 1.94. The predicted molar refractivity (Wildman–Crippen MR) is 78.9 cm³/mol. The Hall–Kier alpha value is -0.170. The maximum atomic E-state index is 5.79. The van der Waals surface area contributed by atoms with Crippen molar-refractivity contribution in [3.63, 3.8) is 0 Å². The standard InChI is InChI=1S/C10H8Br2ClN3S/c1-16(4-7-2-6(11)5-17-7)9-8(12)3-14-10(13)15-9/h2-3,5H,4H2,1H3. The van der Waals surface area contributed by atoms with E-state index in [-0.39, 0.29) is 5.28 Å². The fraction of sp³-hybridized carbons (Fsp3) is 0.200. The molecule has 0 N–H and O–H groups in total. The first kappa shape index (κ1) is 13.3. The van der Waals surface area contributed by atoms with Gasteiger partial charge in [-0.05, 0) is 49.5 Å². The van der Waals surface area contributed by atoms with Gasteiger partial charge in [-0.1, -0.05) is 0 Å². The van der Waals surface area contributed by atoms with Crippen LogP contribution in [0, 0.1) is 0 Å². The largest absolute Gasteiger partial charge is 0.353 e. The van der Waals surface area contributed by atoms with Gasteiger partial charge in [0.15, 0.2) is 0 Å². The Morgan fingerprint density at radius 1 is 1.47 bits per heavy atom. The van der Waals surface area contributed by atoms with Crippen LogP contribution < -0.4 is 4.90 Å². The molecule has 2 heterocycles. The van der Waals surface area contributed by atoms with Crippen molar-refractivity contribution >= 4 is 60.6 Å². The van der Waals surface area contributed by atoms with Gasteiger partial charge in [0.25, 0.3) is 0 Å². The SMILES string of the molecule is CN(Cc1cc(Br)cs1)c1nc(Cl)ncc1Br. The number of rotatable bonds is 3. The van der Waals surface area contributed by atoms with Crippen molar-refractivity contribution in [3.05, 3.63) is 36.7 Å². The molecule has 0 amide bonds. The number of hydrogen-bond acceptors (Lipinski definition) is 4. The summed E-state index contributed by atoms with van der Waals surface area (Å²) in [6.07, 6.45) is 1.66. The van der Waals surface area contributed by atoms with Crippen molar-refractivity contribution in [1.29, 1.82) is 0 Å². The average Bonchev–Trinajstić information content (AvgIpc) is 2.67. The summed E-state index contributed by atoms with van der Waals surface area (Å²) in [4.78, 5) is 11.4. The summed E-state index contributed by atoms with van der Waals surface area (Å²) in [5, 5.41) is 2.31. The Morgan fingerprint density at radius 2 is 2.24 bits per heavy atom. The van der Waals surface area contributed by atoms with Gasteiger partial charge in [-0.15, -0.1) is 11.3 Å². The lowest BCUT2D eigenvalue weighted by molar-refractivity contribution is 0.899. The van der Waals surface area contributed by atoms with Crippen LogP contribution in [-0.2, 0) is 6.54 Å². The highest BCUT2D eigenvalue weighted by Gasteiger charge is 2.10. The number of nitrogens with zero attached hydrogens (tertiary/aromatic N) is 3. The topological polar surface area (TPSA) is 29.0 Å². The van der Waals surface area contributed by atoms with E-state index in [0.29, 0.717) is 0 Å². The molecule has 7 heteroatoms. The highest BCUT2D eigenvalue weighted by Crippen LogP contribution is 2.27. The Bertz CT molecular complexity index is 532. The van der Waals surface area contributed by atoms with E-state index in [1.165, 1.54) is 4.88 Å². The van der Waals surface area contributed by atoms with Gasteiger partial charge in [0.2, 0.25) is 5.28 Å². The minimum atomic E-state index is 0.252. The molecule has 0 saturated carbocycles. The van der Waals surface area contributed by atoms with Crippen molar-refractivity contribution < 1.29 is 0 Å². The van der Waals surface area contributed by atoms with Gasteiger partial charge in [0.1, 0.15) is 5.82 Å². The van der Waals surface area contributed by atoms with Crippen LogP contribution in [0.5, 0.6) is 0 Å². The Labute approximate surface area is 125 Å². The second-order valence-corrected chi connectivity index (χ2v) is 6.50. The Morgan fingerprint density at radius 3 is 2.88 bits per heavy atom. The fourth-order valence-electron chi connectivity index (χ4n) is 1.35. The molecule has 0 spiro atoms. The quantitative estimate of drug-likeness (QED) is 0.721. The molecular formula is C10H8Br2ClN3S. The molecule has 3 nitrogen and oxygen atoms in total. The minimum Gasteiger partial charge on any atom is -0.353 e. The van der Waals surface area contributed by atoms with Gasteiger partial charge in [0, 0.05) is 28.0 Å². The molecule has 0 fully saturated rings. The van der Waals surface area contributed by atoms with Crippen molar-refractivity contribution in [2.45, 2.75) is 6.54 Å². The molecular weight excluding hydrogens is 389 g/mol. The second-order valence-electron chi connectivity index (χ2n) is 3.40. The van der Waals surface area contributed by atoms with Gasteiger partial charge in [-0.3, -0.25) is 0 Å². The van der Waals surface area contributed by atoms with Crippen LogP contribution >= 0.6 is 54.8 Å². The maximum Gasteiger partial charge on any atom is 0.224 e. The van der Waals surface area contributed by atoms with E-state index in [0.717, 1.165) is 21.3 Å². The van der Waals surface area contributed by atoms with Crippen molar-refractivity contribution in [3.8, 4) is 0 Å². The predicted octanol–water partition coefficient (Wildman–Crippen LogP) is 4.35. The van der Waals surface area contributed by atoms with Crippen molar-refractivity contribution in [1.82, 2.24) is 9.97 Å². The summed E-state index contributed by atoms with van der Waals surface area (Å²) >= 11 is 14.4. The van der Waals surface area contributed by atoms with Gasteiger partial charge < -0.3 is 4.90 Å². The van der Waals surface area contributed by atoms with E-state index in [9.17, 15) is 0 Å². The van der Waals surface area contributed by atoms with E-state index in [2.05, 4.69) is 53.3 Å². The first-order chi connectivity index (χ1) is 8.06. The van der Waals surface area contributed by atoms with Crippen LogP contribution in [0.4, 0.5) is 5.82 Å². The molecule has 0 radical (unpaired) electrons. The molecule has 0 aromatic carbocycles. The molecule has 0 atom stereocenters. The monoisotopic (exact) mass is 395 g/mol. The van der Waals surface area contributed by atoms with Crippen LogP contribution in [-0.4, -0.2) is 17.0 Å². The zero-order valence-electron chi connectivity index (χ0n) is 8.82. The summed E-state index contributed by atoms with van der Waals surface area (Å²) in [6.45, 7) is 0.780. The number of halogens is 3. The van der Waals surface area contributed by atoms with E-state index < -0.39 is 0 Å². The van der Waals surface area contributed by atoms with Crippen LogP contribution in [0.25, 0.3) is 0 Å². The molecule has 17 heavy (non-hydrogen) atoms. The van der Waals surface area contributed by atoms with E-state index in [4.69, 9.17) is 11.6 Å². The van der Waals surface area contributed by atoms with Crippen molar-refractivity contribution in [2.75, 3.05) is 11.9 Å². The molecule has 2 rings (SSSR count). The summed E-state index contributed by atoms with van der Waals surface area (Å²) in [5.74, 6) is 0.787. The third-order valence-corrected chi connectivity index (χ3v) is 4.50. The van der Waals surface area contributed by atoms with Crippen LogP contribution in [0.2, 0.25) is 5.28 Å². The van der Waals surface area contributed by atoms with Gasteiger partial charge >= 0.3 is 0 Å². The number of hydrogen-bond donors (Lipinski definition) is 0. The molecule has 2 aromatic rings. The third kappa shape index (κ3) is 3.40. The Kier molecular flexibility index (Phi) is 4.41. The smallest absolute Gasteiger partial charge is 0.224 e. The summed E-state index contributed by atoms with van der Waals surface area (Å²) in [6, 6.07) is 2.10. The maximum absolute atomic E-state index is 5.79. The van der Waals surface area contributed by atoms with Crippen LogP contribution in [0.15, 0.2) is 26.6 Å². The number of aromatic nitrogens is 2. The summed E-state index contributed by atoms with van der Waals surface area (Å²) in [5.41, 5.74) is 0. The molecule has 0 aliphatic heterocycles. The van der Waals surface area contributed by atoms with Crippen molar-refractivity contribution in [2.24, 2.45) is 0 Å². The molecule has 0 saturated heterocycles. The lowest BCUT2D eigenvalue weighted by atomic mass is 10.4. The first-order valence-corrected chi connectivity index (χ1v) is 7.52. The lowest BCUT2D eigenvalue weighted by Gasteiger charge is -2.18. The van der Waals surface area contributed by atoms with Gasteiger partial charge in [0.05, 0.1) is 11.0 Å². The third-order valence-electron chi connectivity index (χ3n) is 2.07. The number of thiophene rings is 1. The van der Waals surface area contributed by atoms with E-state index >= 15 is 0 Å². The number of anilines is 1. The molecule has 0 aliphatic rings. The fourth-order valence-corrected chi connectivity index (χ4v) is 3.48. The molecule has 0 bridgehead atoms. The molecule has 0 aliphatic carbocycles. The second kappa shape index (κ2) is 5.65. The first-order valence-electron chi connectivity index (χ1n) is 4.68. The highest BCUT2D eigenvalue weighted by atomic mass is 79.9. The minimum absolute atomic E-state index is 0.252. The summed E-state index contributed by atoms with van der Waals surface area (Å²) in [7, 11) is 1.97.